The van der Waals surface area contributed by atoms with Crippen molar-refractivity contribution in [2.45, 2.75) is 25.4 Å². The molecule has 0 N–H and O–H groups in total. The molecule has 0 saturated heterocycles. The van der Waals surface area contributed by atoms with Crippen LogP contribution in [0.4, 0.5) is 0 Å². The van der Waals surface area contributed by atoms with Crippen molar-refractivity contribution in [3.05, 3.63) is 102 Å². The molecule has 1 heterocycles. The van der Waals surface area contributed by atoms with Crippen LogP contribution in [0.15, 0.2) is 85.2 Å². The Kier molecular flexibility index (Phi) is 6.10. The van der Waals surface area contributed by atoms with E-state index in [1.165, 1.54) is 0 Å². The lowest BCUT2D eigenvalue weighted by Gasteiger charge is -2.32. The zero-order chi connectivity index (χ0) is 18.1. The normalized spacial score (nSPS) is 11.0. The highest BCUT2D eigenvalue weighted by Gasteiger charge is 2.35. The summed E-state index contributed by atoms with van der Waals surface area (Å²) in [4.78, 5) is 4.06. The maximum atomic E-state index is 9.43. The quantitative estimate of drug-likeness (QED) is 0.561. The summed E-state index contributed by atoms with van der Waals surface area (Å²) in [5.41, 5.74) is 2.82. The van der Waals surface area contributed by atoms with E-state index in [-0.39, 0.29) is 6.42 Å². The molecule has 2 aromatic carbocycles. The van der Waals surface area contributed by atoms with Crippen LogP contribution in [0, 0.1) is 11.3 Å². The number of hydrogen-bond donors (Lipinski definition) is 0. The molecule has 0 saturated carbocycles. The van der Waals surface area contributed by atoms with Crippen LogP contribution in [0.3, 0.4) is 0 Å². The van der Waals surface area contributed by atoms with Crippen molar-refractivity contribution in [3.8, 4) is 6.07 Å². The second-order valence-corrected chi connectivity index (χ2v) is 5.87. The standard InChI is InChI=1S/C22H20N2O2/c23-14-13-22(21-11-15-24-16-12-21,25-17-19-7-3-1-4-8-19)26-18-20-9-5-2-6-10-20/h1-12,15-16H,13,17-18H2. The van der Waals surface area contributed by atoms with E-state index in [1.54, 1.807) is 12.4 Å². The van der Waals surface area contributed by atoms with E-state index in [4.69, 9.17) is 9.47 Å². The molecule has 1 aromatic heterocycles. The first-order valence-electron chi connectivity index (χ1n) is 8.46. The van der Waals surface area contributed by atoms with Crippen molar-refractivity contribution >= 4 is 0 Å². The average Bonchev–Trinajstić information content (AvgIpc) is 2.72. The number of rotatable bonds is 8. The fourth-order valence-corrected chi connectivity index (χ4v) is 2.67. The highest BCUT2D eigenvalue weighted by molar-refractivity contribution is 5.20. The fraction of sp³-hybridized carbons (Fsp3) is 0.182. The number of aromatic nitrogens is 1. The Morgan fingerprint density at radius 1 is 0.769 bits per heavy atom. The monoisotopic (exact) mass is 344 g/mol. The maximum absolute atomic E-state index is 9.43. The molecule has 0 fully saturated rings. The molecule has 0 spiro atoms. The van der Waals surface area contributed by atoms with Gasteiger partial charge in [0.1, 0.15) is 0 Å². The molecule has 0 radical (unpaired) electrons. The van der Waals surface area contributed by atoms with Crippen LogP contribution in [0.1, 0.15) is 23.1 Å². The molecule has 0 aliphatic heterocycles. The van der Waals surface area contributed by atoms with Gasteiger partial charge >= 0.3 is 0 Å². The predicted molar refractivity (Wildman–Crippen MR) is 98.6 cm³/mol. The molecule has 0 aliphatic rings. The lowest BCUT2D eigenvalue weighted by molar-refractivity contribution is -0.257. The van der Waals surface area contributed by atoms with Crippen LogP contribution in [-0.2, 0) is 28.5 Å². The second kappa shape index (κ2) is 8.91. The summed E-state index contributed by atoms with van der Waals surface area (Å²) in [7, 11) is 0. The smallest absolute Gasteiger partial charge is 0.208 e. The minimum atomic E-state index is -1.15. The van der Waals surface area contributed by atoms with Gasteiger partial charge in [0.2, 0.25) is 5.79 Å². The van der Waals surface area contributed by atoms with Gasteiger partial charge in [0.05, 0.1) is 25.7 Å². The lowest BCUT2D eigenvalue weighted by atomic mass is 10.0. The summed E-state index contributed by atoms with van der Waals surface area (Å²) in [6.07, 6.45) is 3.44. The van der Waals surface area contributed by atoms with Gasteiger partial charge in [-0.05, 0) is 23.3 Å². The van der Waals surface area contributed by atoms with E-state index in [0.29, 0.717) is 13.2 Å². The third-order valence-corrected chi connectivity index (χ3v) is 4.06. The van der Waals surface area contributed by atoms with E-state index in [9.17, 15) is 5.26 Å². The molecule has 130 valence electrons. The molecule has 4 heteroatoms. The summed E-state index contributed by atoms with van der Waals surface area (Å²) in [6.45, 7) is 0.694. The second-order valence-electron chi connectivity index (χ2n) is 5.87. The van der Waals surface area contributed by atoms with Crippen molar-refractivity contribution in [3.63, 3.8) is 0 Å². The Hall–Kier alpha value is -3.00. The zero-order valence-corrected chi connectivity index (χ0v) is 14.4. The van der Waals surface area contributed by atoms with Crippen molar-refractivity contribution in [1.29, 1.82) is 5.26 Å². The van der Waals surface area contributed by atoms with Gasteiger partial charge in [-0.2, -0.15) is 5.26 Å². The molecular formula is C22H20N2O2. The molecule has 0 amide bonds. The van der Waals surface area contributed by atoms with Gasteiger partial charge in [0.25, 0.3) is 0 Å². The molecule has 26 heavy (non-hydrogen) atoms. The Morgan fingerprint density at radius 2 is 1.27 bits per heavy atom. The van der Waals surface area contributed by atoms with Crippen molar-refractivity contribution in [2.75, 3.05) is 0 Å². The Morgan fingerprint density at radius 3 is 1.73 bits per heavy atom. The van der Waals surface area contributed by atoms with E-state index >= 15 is 0 Å². The van der Waals surface area contributed by atoms with Crippen LogP contribution in [0.2, 0.25) is 0 Å². The lowest BCUT2D eigenvalue weighted by Crippen LogP contribution is -2.33. The third kappa shape index (κ3) is 4.54. The highest BCUT2D eigenvalue weighted by atomic mass is 16.7. The first kappa shape index (κ1) is 17.8. The van der Waals surface area contributed by atoms with Gasteiger partial charge in [-0.15, -0.1) is 0 Å². The van der Waals surface area contributed by atoms with Crippen LogP contribution < -0.4 is 0 Å². The molecule has 0 unspecified atom stereocenters. The SMILES string of the molecule is N#CCC(OCc1ccccc1)(OCc1ccccc1)c1ccncc1. The zero-order valence-electron chi connectivity index (χ0n) is 14.4. The van der Waals surface area contributed by atoms with Crippen molar-refractivity contribution in [2.24, 2.45) is 0 Å². The number of ether oxygens (including phenoxy) is 2. The molecule has 0 atom stereocenters. The van der Waals surface area contributed by atoms with Gasteiger partial charge in [0, 0.05) is 18.0 Å². The van der Waals surface area contributed by atoms with Gasteiger partial charge in [-0.3, -0.25) is 4.98 Å². The molecule has 3 aromatic rings. The van der Waals surface area contributed by atoms with E-state index in [2.05, 4.69) is 11.1 Å². The molecule has 4 nitrogen and oxygen atoms in total. The summed E-state index contributed by atoms with van der Waals surface area (Å²) in [6, 6.07) is 25.6. The summed E-state index contributed by atoms with van der Waals surface area (Å²) in [5, 5.41) is 9.43. The maximum Gasteiger partial charge on any atom is 0.208 e. The highest BCUT2D eigenvalue weighted by Crippen LogP contribution is 2.33. The minimum Gasteiger partial charge on any atom is -0.340 e. The number of benzene rings is 2. The Bertz CT molecular complexity index is 787. The third-order valence-electron chi connectivity index (χ3n) is 4.06. The number of nitrogens with zero attached hydrogens (tertiary/aromatic N) is 2. The number of hydrogen-bond acceptors (Lipinski definition) is 4. The van der Waals surface area contributed by atoms with Crippen molar-refractivity contribution < 1.29 is 9.47 Å². The minimum absolute atomic E-state index is 0.0800. The first-order valence-corrected chi connectivity index (χ1v) is 8.46. The Labute approximate surface area is 153 Å². The Balaban J connectivity index is 1.86. The van der Waals surface area contributed by atoms with E-state index < -0.39 is 5.79 Å². The summed E-state index contributed by atoms with van der Waals surface area (Å²) >= 11 is 0. The topological polar surface area (TPSA) is 55.1 Å². The van der Waals surface area contributed by atoms with Gasteiger partial charge in [-0.1, -0.05) is 60.7 Å². The fourth-order valence-electron chi connectivity index (χ4n) is 2.67. The van der Waals surface area contributed by atoms with Gasteiger partial charge < -0.3 is 9.47 Å². The summed E-state index contributed by atoms with van der Waals surface area (Å²) in [5.74, 6) is -1.15. The van der Waals surface area contributed by atoms with Crippen LogP contribution in [0.5, 0.6) is 0 Å². The first-order chi connectivity index (χ1) is 12.8. The molecule has 3 rings (SSSR count). The van der Waals surface area contributed by atoms with Gasteiger partial charge in [0.15, 0.2) is 0 Å². The number of nitriles is 1. The van der Waals surface area contributed by atoms with Crippen molar-refractivity contribution in [1.82, 2.24) is 4.98 Å². The molecule has 0 aliphatic carbocycles. The number of pyridine rings is 1. The molecule has 0 bridgehead atoms. The van der Waals surface area contributed by atoms with E-state index in [0.717, 1.165) is 16.7 Å². The van der Waals surface area contributed by atoms with Gasteiger partial charge in [-0.25, -0.2) is 0 Å². The van der Waals surface area contributed by atoms with E-state index in [1.807, 2.05) is 72.8 Å². The van der Waals surface area contributed by atoms with Crippen LogP contribution >= 0.6 is 0 Å². The van der Waals surface area contributed by atoms with Crippen LogP contribution in [0.25, 0.3) is 0 Å². The molecular weight excluding hydrogens is 324 g/mol. The summed E-state index contributed by atoms with van der Waals surface area (Å²) < 4.78 is 12.4. The largest absolute Gasteiger partial charge is 0.340 e. The average molecular weight is 344 g/mol. The predicted octanol–water partition coefficient (Wildman–Crippen LogP) is 4.58. The van der Waals surface area contributed by atoms with Crippen LogP contribution in [-0.4, -0.2) is 4.98 Å².